The smallest absolute Gasteiger partial charge is 0.305 e. The van der Waals surface area contributed by atoms with Gasteiger partial charge >= 0.3 is 5.97 Å². The number of ketones is 1. The SMILES string of the molecule is CCC(C)=O.O=C1CCCCCCCO1. The standard InChI is InChI=1S/C8H14O2.C4H8O/c9-8-6-4-2-1-3-5-7-10-8;1-3-4(2)5/h1-7H2;3H2,1-2H3. The average Bonchev–Trinajstić information content (AvgIpc) is 2.33. The number of hydrogen-bond donors (Lipinski definition) is 0. The lowest BCUT2D eigenvalue weighted by atomic mass is 10.1. The van der Waals surface area contributed by atoms with Crippen molar-refractivity contribution in [3.63, 3.8) is 0 Å². The van der Waals surface area contributed by atoms with Crippen LogP contribution in [-0.4, -0.2) is 18.4 Å². The molecule has 0 N–H and O–H groups in total. The minimum Gasteiger partial charge on any atom is -0.466 e. The summed E-state index contributed by atoms with van der Waals surface area (Å²) in [5.41, 5.74) is 0. The number of Topliss-reactive ketones (excluding diaryl/α,β-unsaturated/α-hetero) is 1. The van der Waals surface area contributed by atoms with Crippen LogP contribution in [0.3, 0.4) is 0 Å². The summed E-state index contributed by atoms with van der Waals surface area (Å²) in [6.07, 6.45) is 7.02. The van der Waals surface area contributed by atoms with E-state index in [9.17, 15) is 9.59 Å². The summed E-state index contributed by atoms with van der Waals surface area (Å²) >= 11 is 0. The summed E-state index contributed by atoms with van der Waals surface area (Å²) in [5.74, 6) is 0.243. The van der Waals surface area contributed by atoms with Crippen LogP contribution in [0.4, 0.5) is 0 Å². The van der Waals surface area contributed by atoms with Crippen molar-refractivity contribution in [2.75, 3.05) is 6.61 Å². The third-order valence-electron chi connectivity index (χ3n) is 2.29. The lowest BCUT2D eigenvalue weighted by Crippen LogP contribution is -2.03. The van der Waals surface area contributed by atoms with Crippen molar-refractivity contribution in [1.29, 1.82) is 0 Å². The highest BCUT2D eigenvalue weighted by atomic mass is 16.5. The van der Waals surface area contributed by atoms with Gasteiger partial charge in [0.2, 0.25) is 0 Å². The minimum absolute atomic E-state index is 0.0121. The quantitative estimate of drug-likeness (QED) is 0.630. The van der Waals surface area contributed by atoms with Crippen LogP contribution in [-0.2, 0) is 14.3 Å². The van der Waals surface area contributed by atoms with Crippen LogP contribution in [0.15, 0.2) is 0 Å². The molecule has 1 heterocycles. The highest BCUT2D eigenvalue weighted by molar-refractivity contribution is 5.74. The van der Waals surface area contributed by atoms with Gasteiger partial charge in [-0.3, -0.25) is 4.79 Å². The normalized spacial score (nSPS) is 17.3. The molecule has 1 aliphatic heterocycles. The largest absolute Gasteiger partial charge is 0.466 e. The van der Waals surface area contributed by atoms with Crippen molar-refractivity contribution in [2.45, 2.75) is 58.8 Å². The first-order chi connectivity index (χ1) is 7.16. The van der Waals surface area contributed by atoms with Gasteiger partial charge in [-0.15, -0.1) is 0 Å². The maximum Gasteiger partial charge on any atom is 0.305 e. The molecule has 0 amide bonds. The van der Waals surface area contributed by atoms with Crippen LogP contribution in [0.25, 0.3) is 0 Å². The predicted molar refractivity (Wildman–Crippen MR) is 59.6 cm³/mol. The van der Waals surface area contributed by atoms with Gasteiger partial charge in [-0.2, -0.15) is 0 Å². The first kappa shape index (κ1) is 14.1. The molecule has 0 aliphatic carbocycles. The zero-order chi connectivity index (χ0) is 11.5. The third kappa shape index (κ3) is 11.1. The van der Waals surface area contributed by atoms with E-state index in [0.29, 0.717) is 19.4 Å². The van der Waals surface area contributed by atoms with E-state index in [4.69, 9.17) is 4.74 Å². The van der Waals surface area contributed by atoms with E-state index >= 15 is 0 Å². The summed E-state index contributed by atoms with van der Waals surface area (Å²) in [6.45, 7) is 4.07. The van der Waals surface area contributed by atoms with E-state index < -0.39 is 0 Å². The van der Waals surface area contributed by atoms with Crippen LogP contribution < -0.4 is 0 Å². The van der Waals surface area contributed by atoms with Gasteiger partial charge in [-0.05, 0) is 19.8 Å². The summed E-state index contributed by atoms with van der Waals surface area (Å²) in [7, 11) is 0. The molecule has 0 bridgehead atoms. The van der Waals surface area contributed by atoms with Gasteiger partial charge in [0.05, 0.1) is 6.61 Å². The van der Waals surface area contributed by atoms with Gasteiger partial charge in [0.25, 0.3) is 0 Å². The van der Waals surface area contributed by atoms with E-state index in [-0.39, 0.29) is 11.8 Å². The third-order valence-corrected chi connectivity index (χ3v) is 2.29. The second-order valence-corrected chi connectivity index (χ2v) is 3.79. The Balaban J connectivity index is 0.000000336. The molecule has 0 aromatic rings. The number of hydrogen-bond acceptors (Lipinski definition) is 3. The average molecular weight is 214 g/mol. The number of rotatable bonds is 1. The molecule has 0 aromatic heterocycles. The molecule has 1 aliphatic rings. The first-order valence-corrected chi connectivity index (χ1v) is 5.82. The highest BCUT2D eigenvalue weighted by Crippen LogP contribution is 2.09. The van der Waals surface area contributed by atoms with Crippen LogP contribution in [0, 0.1) is 0 Å². The van der Waals surface area contributed by atoms with Gasteiger partial charge < -0.3 is 9.53 Å². The monoisotopic (exact) mass is 214 g/mol. The summed E-state index contributed by atoms with van der Waals surface area (Å²) in [6, 6.07) is 0. The van der Waals surface area contributed by atoms with Crippen molar-refractivity contribution in [3.05, 3.63) is 0 Å². The number of esters is 1. The van der Waals surface area contributed by atoms with Crippen molar-refractivity contribution >= 4 is 11.8 Å². The minimum atomic E-state index is -0.0121. The zero-order valence-electron chi connectivity index (χ0n) is 9.88. The second-order valence-electron chi connectivity index (χ2n) is 3.79. The van der Waals surface area contributed by atoms with Crippen LogP contribution in [0.1, 0.15) is 58.8 Å². The Kier molecular flexibility index (Phi) is 9.13. The molecule has 1 rings (SSSR count). The lowest BCUT2D eigenvalue weighted by molar-refractivity contribution is -0.143. The predicted octanol–water partition coefficient (Wildman–Crippen LogP) is 2.87. The number of carbonyl (C=O) groups is 2. The highest BCUT2D eigenvalue weighted by Gasteiger charge is 2.04. The molecule has 3 nitrogen and oxygen atoms in total. The molecule has 0 aromatic carbocycles. The molecule has 15 heavy (non-hydrogen) atoms. The Morgan fingerprint density at radius 3 is 2.33 bits per heavy atom. The summed E-state index contributed by atoms with van der Waals surface area (Å²) in [5, 5.41) is 0. The fourth-order valence-electron chi connectivity index (χ4n) is 1.16. The molecular weight excluding hydrogens is 192 g/mol. The van der Waals surface area contributed by atoms with Crippen molar-refractivity contribution in [3.8, 4) is 0 Å². The molecule has 3 heteroatoms. The molecule has 1 fully saturated rings. The van der Waals surface area contributed by atoms with Gasteiger partial charge in [0.15, 0.2) is 0 Å². The van der Waals surface area contributed by atoms with Crippen LogP contribution in [0.5, 0.6) is 0 Å². The Hall–Kier alpha value is -0.860. The Morgan fingerprint density at radius 1 is 1.20 bits per heavy atom. The molecular formula is C12H22O3. The van der Waals surface area contributed by atoms with Gasteiger partial charge in [0.1, 0.15) is 5.78 Å². The molecule has 0 atom stereocenters. The van der Waals surface area contributed by atoms with E-state index in [0.717, 1.165) is 12.8 Å². The van der Waals surface area contributed by atoms with Crippen molar-refractivity contribution in [1.82, 2.24) is 0 Å². The number of ether oxygens (including phenoxy) is 1. The van der Waals surface area contributed by atoms with Gasteiger partial charge in [0, 0.05) is 12.8 Å². The molecule has 0 unspecified atom stereocenters. The fourth-order valence-corrected chi connectivity index (χ4v) is 1.16. The maximum atomic E-state index is 10.8. The topological polar surface area (TPSA) is 43.4 Å². The maximum absolute atomic E-state index is 10.8. The van der Waals surface area contributed by atoms with Crippen molar-refractivity contribution in [2.24, 2.45) is 0 Å². The zero-order valence-corrected chi connectivity index (χ0v) is 9.88. The number of cyclic esters (lactones) is 1. The van der Waals surface area contributed by atoms with Gasteiger partial charge in [-0.25, -0.2) is 0 Å². The van der Waals surface area contributed by atoms with Gasteiger partial charge in [-0.1, -0.05) is 26.2 Å². The summed E-state index contributed by atoms with van der Waals surface area (Å²) in [4.78, 5) is 20.6. The number of carbonyl (C=O) groups excluding carboxylic acids is 2. The fraction of sp³-hybridized carbons (Fsp3) is 0.833. The van der Waals surface area contributed by atoms with E-state index in [1.807, 2.05) is 6.92 Å². The molecule has 88 valence electrons. The first-order valence-electron chi connectivity index (χ1n) is 5.82. The molecule has 0 radical (unpaired) electrons. The van der Waals surface area contributed by atoms with Crippen molar-refractivity contribution < 1.29 is 14.3 Å². The lowest BCUT2D eigenvalue weighted by Gasteiger charge is -1.99. The summed E-state index contributed by atoms with van der Waals surface area (Å²) < 4.78 is 4.92. The molecule has 0 spiro atoms. The second kappa shape index (κ2) is 9.69. The van der Waals surface area contributed by atoms with Crippen LogP contribution >= 0.6 is 0 Å². The molecule has 1 saturated heterocycles. The Labute approximate surface area is 92.2 Å². The Bertz CT molecular complexity index is 175. The van der Waals surface area contributed by atoms with E-state index in [1.165, 1.54) is 19.3 Å². The van der Waals surface area contributed by atoms with Crippen LogP contribution in [0.2, 0.25) is 0 Å². The Morgan fingerprint density at radius 2 is 1.73 bits per heavy atom. The molecule has 0 saturated carbocycles. The van der Waals surface area contributed by atoms with E-state index in [2.05, 4.69) is 0 Å². The van der Waals surface area contributed by atoms with E-state index in [1.54, 1.807) is 6.92 Å².